The number of benzene rings is 1. The fraction of sp³-hybridized carbons (Fsp3) is 0.562. The molecule has 0 spiro atoms. The molecule has 0 unspecified atom stereocenters. The molecule has 0 radical (unpaired) electrons. The van der Waals surface area contributed by atoms with E-state index in [0.717, 1.165) is 18.4 Å². The molecule has 0 bridgehead atoms. The fourth-order valence-electron chi connectivity index (χ4n) is 2.49. The number of hydrogen-bond donors (Lipinski definition) is 1. The van der Waals surface area contributed by atoms with Gasteiger partial charge in [0.1, 0.15) is 0 Å². The summed E-state index contributed by atoms with van der Waals surface area (Å²) in [7, 11) is -3.50. The average Bonchev–Trinajstić information content (AvgIpc) is 2.91. The Morgan fingerprint density at radius 1 is 1.18 bits per heavy atom. The zero-order chi connectivity index (χ0) is 16.5. The van der Waals surface area contributed by atoms with Crippen molar-refractivity contribution in [1.29, 1.82) is 0 Å². The van der Waals surface area contributed by atoms with Crippen LogP contribution in [-0.4, -0.2) is 37.3 Å². The van der Waals surface area contributed by atoms with Gasteiger partial charge in [-0.1, -0.05) is 6.07 Å². The van der Waals surface area contributed by atoms with Crippen LogP contribution in [0.4, 0.5) is 0 Å². The molecule has 1 aliphatic heterocycles. The minimum absolute atomic E-state index is 0.194. The summed E-state index contributed by atoms with van der Waals surface area (Å²) >= 11 is 0. The van der Waals surface area contributed by atoms with E-state index in [0.29, 0.717) is 18.7 Å². The number of rotatable bonds is 3. The van der Waals surface area contributed by atoms with Gasteiger partial charge in [0.25, 0.3) is 5.91 Å². The second-order valence-corrected chi connectivity index (χ2v) is 8.73. The first-order valence-electron chi connectivity index (χ1n) is 7.54. The molecular weight excluding hydrogens is 300 g/mol. The van der Waals surface area contributed by atoms with Crippen molar-refractivity contribution in [2.45, 2.75) is 51.0 Å². The molecule has 22 heavy (non-hydrogen) atoms. The lowest BCUT2D eigenvalue weighted by molar-refractivity contribution is 0.0918. The number of carbonyl (C=O) groups is 1. The lowest BCUT2D eigenvalue weighted by atomic mass is 10.0. The van der Waals surface area contributed by atoms with Crippen LogP contribution in [0.2, 0.25) is 0 Å². The molecule has 0 aromatic heterocycles. The molecule has 0 aliphatic carbocycles. The maximum absolute atomic E-state index is 12.6. The average molecular weight is 324 g/mol. The fourth-order valence-corrected chi connectivity index (χ4v) is 4.04. The summed E-state index contributed by atoms with van der Waals surface area (Å²) in [6.07, 6.45) is 1.78. The van der Waals surface area contributed by atoms with Crippen molar-refractivity contribution >= 4 is 15.9 Å². The summed E-state index contributed by atoms with van der Waals surface area (Å²) < 4.78 is 26.7. The van der Waals surface area contributed by atoms with Gasteiger partial charge in [0, 0.05) is 24.2 Å². The Hall–Kier alpha value is -1.40. The zero-order valence-electron chi connectivity index (χ0n) is 13.6. The highest BCUT2D eigenvalue weighted by Crippen LogP contribution is 2.23. The molecular formula is C16H24N2O3S. The monoisotopic (exact) mass is 324 g/mol. The second kappa shape index (κ2) is 6.01. The SMILES string of the molecule is Cc1ccc(S(=O)(=O)N2CCCC2)cc1C(=O)NC(C)(C)C. The van der Waals surface area contributed by atoms with Gasteiger partial charge in [0.15, 0.2) is 0 Å². The van der Waals surface area contributed by atoms with E-state index in [2.05, 4.69) is 5.32 Å². The Balaban J connectivity index is 2.36. The van der Waals surface area contributed by atoms with Crippen molar-refractivity contribution in [3.63, 3.8) is 0 Å². The van der Waals surface area contributed by atoms with Crippen molar-refractivity contribution in [1.82, 2.24) is 9.62 Å². The van der Waals surface area contributed by atoms with Gasteiger partial charge in [-0.3, -0.25) is 4.79 Å². The first-order valence-corrected chi connectivity index (χ1v) is 8.98. The lowest BCUT2D eigenvalue weighted by Crippen LogP contribution is -2.41. The smallest absolute Gasteiger partial charge is 0.251 e. The van der Waals surface area contributed by atoms with Gasteiger partial charge in [-0.2, -0.15) is 4.31 Å². The molecule has 1 saturated heterocycles. The summed E-state index contributed by atoms with van der Waals surface area (Å²) in [5, 5.41) is 2.88. The lowest BCUT2D eigenvalue weighted by Gasteiger charge is -2.22. The third kappa shape index (κ3) is 3.67. The van der Waals surface area contributed by atoms with E-state index in [1.165, 1.54) is 10.4 Å². The zero-order valence-corrected chi connectivity index (χ0v) is 14.5. The standard InChI is InChI=1S/C16H24N2O3S/c1-12-7-8-13(22(20,21)18-9-5-6-10-18)11-14(12)15(19)17-16(2,3)4/h7-8,11H,5-6,9-10H2,1-4H3,(H,17,19). The van der Waals surface area contributed by atoms with Crippen molar-refractivity contribution in [2.24, 2.45) is 0 Å². The maximum Gasteiger partial charge on any atom is 0.251 e. The topological polar surface area (TPSA) is 66.5 Å². The van der Waals surface area contributed by atoms with Crippen molar-refractivity contribution in [3.05, 3.63) is 29.3 Å². The van der Waals surface area contributed by atoms with Gasteiger partial charge in [0.05, 0.1) is 4.90 Å². The molecule has 1 fully saturated rings. The number of sulfonamides is 1. The summed E-state index contributed by atoms with van der Waals surface area (Å²) in [6, 6.07) is 4.77. The Bertz CT molecular complexity index is 669. The molecule has 1 N–H and O–H groups in total. The van der Waals surface area contributed by atoms with Crippen LogP contribution >= 0.6 is 0 Å². The summed E-state index contributed by atoms with van der Waals surface area (Å²) in [5.41, 5.74) is 0.810. The number of carbonyl (C=O) groups excluding carboxylic acids is 1. The van der Waals surface area contributed by atoms with Gasteiger partial charge in [-0.25, -0.2) is 8.42 Å². The number of nitrogens with zero attached hydrogens (tertiary/aromatic N) is 1. The van der Waals surface area contributed by atoms with Crippen LogP contribution in [0.1, 0.15) is 49.5 Å². The van der Waals surface area contributed by atoms with E-state index in [4.69, 9.17) is 0 Å². The van der Waals surface area contributed by atoms with E-state index >= 15 is 0 Å². The quantitative estimate of drug-likeness (QED) is 0.928. The van der Waals surface area contributed by atoms with Crippen LogP contribution in [0, 0.1) is 6.92 Å². The first-order chi connectivity index (χ1) is 10.1. The maximum atomic E-state index is 12.6. The van der Waals surface area contributed by atoms with Crippen molar-refractivity contribution in [2.75, 3.05) is 13.1 Å². The summed E-state index contributed by atoms with van der Waals surface area (Å²) in [6.45, 7) is 8.60. The Morgan fingerprint density at radius 3 is 2.32 bits per heavy atom. The molecule has 1 aromatic rings. The predicted octanol–water partition coefficient (Wildman–Crippen LogP) is 2.31. The minimum Gasteiger partial charge on any atom is -0.347 e. The molecule has 0 atom stereocenters. The molecule has 122 valence electrons. The molecule has 1 aliphatic rings. The molecule has 5 nitrogen and oxygen atoms in total. The summed E-state index contributed by atoms with van der Waals surface area (Å²) in [4.78, 5) is 12.6. The molecule has 0 saturated carbocycles. The van der Waals surface area contributed by atoms with Gasteiger partial charge >= 0.3 is 0 Å². The highest BCUT2D eigenvalue weighted by molar-refractivity contribution is 7.89. The van der Waals surface area contributed by atoms with E-state index in [1.54, 1.807) is 12.1 Å². The number of amides is 1. The molecule has 1 heterocycles. The summed E-state index contributed by atoms with van der Waals surface area (Å²) in [5.74, 6) is -0.247. The highest BCUT2D eigenvalue weighted by atomic mass is 32.2. The van der Waals surface area contributed by atoms with Crippen molar-refractivity contribution < 1.29 is 13.2 Å². The van der Waals surface area contributed by atoms with Crippen LogP contribution in [-0.2, 0) is 10.0 Å². The Labute approximate surface area is 132 Å². The van der Waals surface area contributed by atoms with Crippen molar-refractivity contribution in [3.8, 4) is 0 Å². The van der Waals surface area contributed by atoms with Crippen LogP contribution in [0.3, 0.4) is 0 Å². The van der Waals surface area contributed by atoms with E-state index < -0.39 is 10.0 Å². The van der Waals surface area contributed by atoms with Crippen LogP contribution in [0.5, 0.6) is 0 Å². The Morgan fingerprint density at radius 2 is 1.77 bits per heavy atom. The van der Waals surface area contributed by atoms with E-state index in [-0.39, 0.29) is 16.3 Å². The van der Waals surface area contributed by atoms with Crippen LogP contribution in [0.25, 0.3) is 0 Å². The van der Waals surface area contributed by atoms with Crippen LogP contribution < -0.4 is 5.32 Å². The largest absolute Gasteiger partial charge is 0.347 e. The normalized spacial score (nSPS) is 16.7. The van der Waals surface area contributed by atoms with Crippen LogP contribution in [0.15, 0.2) is 23.1 Å². The number of hydrogen-bond acceptors (Lipinski definition) is 3. The highest BCUT2D eigenvalue weighted by Gasteiger charge is 2.28. The number of nitrogens with one attached hydrogen (secondary N) is 1. The van der Waals surface area contributed by atoms with Gasteiger partial charge in [-0.05, 0) is 58.2 Å². The molecule has 1 aromatic carbocycles. The Kier molecular flexibility index (Phi) is 4.63. The molecule has 1 amide bonds. The van der Waals surface area contributed by atoms with E-state index in [1.807, 2.05) is 27.7 Å². The minimum atomic E-state index is -3.50. The molecule has 6 heteroatoms. The van der Waals surface area contributed by atoms with Gasteiger partial charge in [0.2, 0.25) is 10.0 Å². The second-order valence-electron chi connectivity index (χ2n) is 6.79. The van der Waals surface area contributed by atoms with E-state index in [9.17, 15) is 13.2 Å². The number of aryl methyl sites for hydroxylation is 1. The first kappa shape index (κ1) is 17.0. The van der Waals surface area contributed by atoms with Gasteiger partial charge in [-0.15, -0.1) is 0 Å². The molecule has 2 rings (SSSR count). The predicted molar refractivity (Wildman–Crippen MR) is 86.4 cm³/mol. The third-order valence-electron chi connectivity index (χ3n) is 3.64. The van der Waals surface area contributed by atoms with Gasteiger partial charge < -0.3 is 5.32 Å². The third-order valence-corrected chi connectivity index (χ3v) is 5.54.